The quantitative estimate of drug-likeness (QED) is 0.365. The summed E-state index contributed by atoms with van der Waals surface area (Å²) in [5, 5.41) is 6.70. The number of rotatable bonds is 8. The molecule has 0 saturated carbocycles. The molecule has 138 valence electrons. The normalized spacial score (nSPS) is 11.4. The van der Waals surface area contributed by atoms with Crippen molar-refractivity contribution in [2.75, 3.05) is 40.8 Å². The number of hydrogen-bond donors (Lipinski definition) is 2. The van der Waals surface area contributed by atoms with E-state index in [1.54, 1.807) is 14.2 Å². The summed E-state index contributed by atoms with van der Waals surface area (Å²) in [5.74, 6) is 1.78. The summed E-state index contributed by atoms with van der Waals surface area (Å²) in [5.41, 5.74) is 2.47. The molecule has 0 aliphatic rings. The molecule has 1 rings (SSSR count). The van der Waals surface area contributed by atoms with E-state index < -0.39 is 0 Å². The molecule has 2 N–H and O–H groups in total. The first-order chi connectivity index (χ1) is 11.0. The first-order valence-electron chi connectivity index (χ1n) is 8.26. The van der Waals surface area contributed by atoms with Crippen molar-refractivity contribution in [2.45, 2.75) is 33.2 Å². The van der Waals surface area contributed by atoms with Gasteiger partial charge < -0.3 is 20.3 Å². The Labute approximate surface area is 164 Å². The summed E-state index contributed by atoms with van der Waals surface area (Å²) in [6, 6.07) is 6.83. The van der Waals surface area contributed by atoms with Gasteiger partial charge in [-0.25, -0.2) is 0 Å². The van der Waals surface area contributed by atoms with E-state index in [-0.39, 0.29) is 24.0 Å². The van der Waals surface area contributed by atoms with Crippen molar-refractivity contribution < 1.29 is 4.74 Å². The lowest BCUT2D eigenvalue weighted by Crippen LogP contribution is -2.42. The van der Waals surface area contributed by atoms with Crippen molar-refractivity contribution in [3.8, 4) is 5.75 Å². The highest BCUT2D eigenvalue weighted by Gasteiger charge is 2.05. The Kier molecular flexibility index (Phi) is 11.8. The smallest absolute Gasteiger partial charge is 0.191 e. The molecular formula is C18H33IN4O. The maximum absolute atomic E-state index is 5.42. The molecule has 0 heterocycles. The summed E-state index contributed by atoms with van der Waals surface area (Å²) in [4.78, 5) is 6.57. The molecule has 0 saturated heterocycles. The number of halogens is 1. The molecular weight excluding hydrogens is 415 g/mol. The van der Waals surface area contributed by atoms with Crippen LogP contribution in [0.25, 0.3) is 0 Å². The van der Waals surface area contributed by atoms with Gasteiger partial charge in [-0.1, -0.05) is 17.7 Å². The first kappa shape index (κ1) is 23.0. The fourth-order valence-corrected chi connectivity index (χ4v) is 2.25. The molecule has 0 radical (unpaired) electrons. The maximum Gasteiger partial charge on any atom is 0.191 e. The highest BCUT2D eigenvalue weighted by molar-refractivity contribution is 14.0. The van der Waals surface area contributed by atoms with Crippen LogP contribution < -0.4 is 15.4 Å². The zero-order valence-corrected chi connectivity index (χ0v) is 18.2. The van der Waals surface area contributed by atoms with Gasteiger partial charge in [-0.15, -0.1) is 24.0 Å². The minimum atomic E-state index is 0. The molecule has 0 unspecified atom stereocenters. The molecule has 5 nitrogen and oxygen atoms in total. The van der Waals surface area contributed by atoms with Crippen molar-refractivity contribution in [3.63, 3.8) is 0 Å². The van der Waals surface area contributed by atoms with Gasteiger partial charge in [-0.05, 0) is 45.9 Å². The molecule has 0 bridgehead atoms. The Hall–Kier alpha value is -1.02. The number of nitrogens with zero attached hydrogens (tertiary/aromatic N) is 2. The van der Waals surface area contributed by atoms with Gasteiger partial charge in [0.15, 0.2) is 5.96 Å². The van der Waals surface area contributed by atoms with E-state index in [1.165, 1.54) is 11.1 Å². The van der Waals surface area contributed by atoms with Crippen LogP contribution in [0.15, 0.2) is 23.2 Å². The zero-order valence-electron chi connectivity index (χ0n) is 15.8. The van der Waals surface area contributed by atoms with Crippen LogP contribution in [0.2, 0.25) is 0 Å². The van der Waals surface area contributed by atoms with Gasteiger partial charge in [-0.2, -0.15) is 0 Å². The van der Waals surface area contributed by atoms with Crippen LogP contribution in [0.3, 0.4) is 0 Å². The SMILES string of the molecule is CN=C(NCCc1cc(C)ccc1OC)NCCN(C)C(C)C.I. The molecule has 24 heavy (non-hydrogen) atoms. The number of guanidine groups is 1. The average Bonchev–Trinajstić information content (AvgIpc) is 2.53. The lowest BCUT2D eigenvalue weighted by Gasteiger charge is -2.21. The summed E-state index contributed by atoms with van der Waals surface area (Å²) in [6.45, 7) is 9.18. The van der Waals surface area contributed by atoms with Crippen molar-refractivity contribution in [2.24, 2.45) is 4.99 Å². The van der Waals surface area contributed by atoms with Crippen LogP contribution >= 0.6 is 24.0 Å². The Bertz CT molecular complexity index is 506. The number of benzene rings is 1. The number of nitrogens with one attached hydrogen (secondary N) is 2. The predicted molar refractivity (Wildman–Crippen MR) is 114 cm³/mol. The molecule has 0 fully saturated rings. The fourth-order valence-electron chi connectivity index (χ4n) is 2.25. The van der Waals surface area contributed by atoms with E-state index in [9.17, 15) is 0 Å². The molecule has 1 aromatic carbocycles. The van der Waals surface area contributed by atoms with Gasteiger partial charge in [0.1, 0.15) is 5.75 Å². The van der Waals surface area contributed by atoms with E-state index in [1.807, 2.05) is 6.07 Å². The number of ether oxygens (including phenoxy) is 1. The molecule has 0 aliphatic carbocycles. The van der Waals surface area contributed by atoms with Gasteiger partial charge in [0.25, 0.3) is 0 Å². The maximum atomic E-state index is 5.42. The first-order valence-corrected chi connectivity index (χ1v) is 8.26. The fraction of sp³-hybridized carbons (Fsp3) is 0.611. The van der Waals surface area contributed by atoms with Crippen LogP contribution in [-0.2, 0) is 6.42 Å². The second-order valence-electron chi connectivity index (χ2n) is 6.07. The van der Waals surface area contributed by atoms with E-state index in [0.29, 0.717) is 6.04 Å². The topological polar surface area (TPSA) is 48.9 Å². The second-order valence-corrected chi connectivity index (χ2v) is 6.07. The van der Waals surface area contributed by atoms with Crippen LogP contribution in [-0.4, -0.2) is 57.7 Å². The van der Waals surface area contributed by atoms with Gasteiger partial charge in [0.2, 0.25) is 0 Å². The monoisotopic (exact) mass is 448 g/mol. The number of methoxy groups -OCH3 is 1. The van der Waals surface area contributed by atoms with E-state index in [0.717, 1.165) is 37.8 Å². The number of aliphatic imine (C=N–C) groups is 1. The van der Waals surface area contributed by atoms with Crippen LogP contribution in [0.1, 0.15) is 25.0 Å². The van der Waals surface area contributed by atoms with Crippen LogP contribution in [0.5, 0.6) is 5.75 Å². The van der Waals surface area contributed by atoms with Crippen LogP contribution in [0, 0.1) is 6.92 Å². The predicted octanol–water partition coefficient (Wildman–Crippen LogP) is 2.67. The molecule has 0 spiro atoms. The lowest BCUT2D eigenvalue weighted by atomic mass is 10.1. The second kappa shape index (κ2) is 12.4. The van der Waals surface area contributed by atoms with E-state index >= 15 is 0 Å². The number of likely N-dealkylation sites (N-methyl/N-ethyl adjacent to an activating group) is 1. The zero-order chi connectivity index (χ0) is 17.2. The molecule has 1 aromatic rings. The molecule has 6 heteroatoms. The van der Waals surface area contributed by atoms with Crippen molar-refractivity contribution in [3.05, 3.63) is 29.3 Å². The molecule has 0 amide bonds. The van der Waals surface area contributed by atoms with Crippen molar-refractivity contribution in [1.29, 1.82) is 0 Å². The lowest BCUT2D eigenvalue weighted by molar-refractivity contribution is 0.278. The van der Waals surface area contributed by atoms with Crippen LogP contribution in [0.4, 0.5) is 0 Å². The highest BCUT2D eigenvalue weighted by atomic mass is 127. The van der Waals surface area contributed by atoms with E-state index in [4.69, 9.17) is 4.74 Å². The summed E-state index contributed by atoms with van der Waals surface area (Å²) in [7, 11) is 5.65. The minimum absolute atomic E-state index is 0. The van der Waals surface area contributed by atoms with Gasteiger partial charge in [-0.3, -0.25) is 4.99 Å². The molecule has 0 atom stereocenters. The summed E-state index contributed by atoms with van der Waals surface area (Å²) >= 11 is 0. The Morgan fingerprint density at radius 3 is 2.50 bits per heavy atom. The third-order valence-electron chi connectivity index (χ3n) is 3.98. The van der Waals surface area contributed by atoms with Gasteiger partial charge >= 0.3 is 0 Å². The van der Waals surface area contributed by atoms with Gasteiger partial charge in [0, 0.05) is 32.7 Å². The standard InChI is InChI=1S/C18H32N4O.HI/c1-14(2)22(5)12-11-21-18(19-4)20-10-9-16-13-15(3)7-8-17(16)23-6;/h7-8,13-14H,9-12H2,1-6H3,(H2,19,20,21);1H. The Balaban J connectivity index is 0.00000529. The molecule has 0 aliphatic heterocycles. The third-order valence-corrected chi connectivity index (χ3v) is 3.98. The third kappa shape index (κ3) is 8.19. The summed E-state index contributed by atoms with van der Waals surface area (Å²) < 4.78 is 5.42. The molecule has 0 aromatic heterocycles. The number of aryl methyl sites for hydroxylation is 1. The van der Waals surface area contributed by atoms with Crippen molar-refractivity contribution in [1.82, 2.24) is 15.5 Å². The summed E-state index contributed by atoms with van der Waals surface area (Å²) in [6.07, 6.45) is 0.900. The average molecular weight is 448 g/mol. The number of hydrogen-bond acceptors (Lipinski definition) is 3. The van der Waals surface area contributed by atoms with Gasteiger partial charge in [0.05, 0.1) is 7.11 Å². The Morgan fingerprint density at radius 2 is 1.92 bits per heavy atom. The van der Waals surface area contributed by atoms with E-state index in [2.05, 4.69) is 60.5 Å². The highest BCUT2D eigenvalue weighted by Crippen LogP contribution is 2.19. The minimum Gasteiger partial charge on any atom is -0.496 e. The van der Waals surface area contributed by atoms with Crippen molar-refractivity contribution >= 4 is 29.9 Å². The Morgan fingerprint density at radius 1 is 1.25 bits per heavy atom. The largest absolute Gasteiger partial charge is 0.496 e.